The maximum atomic E-state index is 6.67. The molecule has 0 amide bonds. The summed E-state index contributed by atoms with van der Waals surface area (Å²) in [7, 11) is 0. The molecule has 9 aromatic carbocycles. The van der Waals surface area contributed by atoms with Crippen LogP contribution < -0.4 is 9.47 Å². The molecule has 308 valence electrons. The van der Waals surface area contributed by atoms with Gasteiger partial charge in [-0.1, -0.05) is 146 Å². The van der Waals surface area contributed by atoms with Gasteiger partial charge in [0.2, 0.25) is 0 Å². The molecule has 0 unspecified atom stereocenters. The van der Waals surface area contributed by atoms with E-state index in [1.54, 1.807) is 0 Å². The lowest BCUT2D eigenvalue weighted by molar-refractivity contribution is 0.250. The smallest absolute Gasteiger partial charge is 0.127 e. The summed E-state index contributed by atoms with van der Waals surface area (Å²) in [6, 6.07) is 77.9. The highest BCUT2D eigenvalue weighted by molar-refractivity contribution is 6.10. The van der Waals surface area contributed by atoms with E-state index in [1.807, 2.05) is 0 Å². The minimum Gasteiger partial charge on any atom is -0.486 e. The van der Waals surface area contributed by atoms with Crippen LogP contribution in [0.5, 0.6) is 17.2 Å². The summed E-state index contributed by atoms with van der Waals surface area (Å²) in [5, 5.41) is 5.01. The molecule has 2 aliphatic carbocycles. The van der Waals surface area contributed by atoms with Gasteiger partial charge in [-0.25, -0.2) is 0 Å². The third-order valence-corrected chi connectivity index (χ3v) is 13.6. The van der Waals surface area contributed by atoms with Crippen LogP contribution in [0.1, 0.15) is 23.1 Å². The fraction of sp³-hybridized carbons (Fsp3) is 0.0492. The summed E-state index contributed by atoms with van der Waals surface area (Å²) in [5.41, 5.74) is 14.0. The largest absolute Gasteiger partial charge is 0.486 e. The number of hydrogen-bond acceptors (Lipinski definition) is 2. The second-order valence-corrected chi connectivity index (χ2v) is 17.1. The highest BCUT2D eigenvalue weighted by Crippen LogP contribution is 2.57. The predicted octanol–water partition coefficient (Wildman–Crippen LogP) is 15.3. The highest BCUT2D eigenvalue weighted by Gasteiger charge is 2.47. The summed E-state index contributed by atoms with van der Waals surface area (Å²) < 4.78 is 17.9. The Morgan fingerprint density at radius 2 is 0.800 bits per heavy atom. The molecule has 1 atom stereocenters. The molecule has 2 aliphatic rings. The molecule has 13 rings (SSSR count). The molecule has 0 radical (unpaired) electrons. The number of aromatic nitrogens is 2. The average Bonchev–Trinajstić information content (AvgIpc) is 4.00. The molecule has 65 heavy (non-hydrogen) atoms. The number of rotatable bonds is 8. The normalized spacial score (nSPS) is 15.0. The van der Waals surface area contributed by atoms with E-state index in [9.17, 15) is 0 Å². The second-order valence-electron chi connectivity index (χ2n) is 17.1. The summed E-state index contributed by atoms with van der Waals surface area (Å²) in [6.45, 7) is 0. The number of fused-ring (bicyclic) bond motifs is 9. The Bertz CT molecular complexity index is 3530. The van der Waals surface area contributed by atoms with Crippen molar-refractivity contribution in [2.75, 3.05) is 0 Å². The molecule has 2 aromatic heterocycles. The zero-order valence-corrected chi connectivity index (χ0v) is 35.5. The zero-order valence-electron chi connectivity index (χ0n) is 35.5. The van der Waals surface area contributed by atoms with Crippen molar-refractivity contribution in [1.82, 2.24) is 9.13 Å². The maximum absolute atomic E-state index is 6.67. The van der Waals surface area contributed by atoms with E-state index >= 15 is 0 Å². The quantitative estimate of drug-likeness (QED) is 0.153. The van der Waals surface area contributed by atoms with Gasteiger partial charge in [0.1, 0.15) is 23.4 Å². The fourth-order valence-electron chi connectivity index (χ4n) is 10.8. The van der Waals surface area contributed by atoms with Crippen LogP contribution in [0.4, 0.5) is 0 Å². The number of para-hydroxylation sites is 4. The number of allylic oxidation sites excluding steroid dienone is 2. The van der Waals surface area contributed by atoms with E-state index in [0.29, 0.717) is 0 Å². The average molecular weight is 835 g/mol. The van der Waals surface area contributed by atoms with Gasteiger partial charge in [0.25, 0.3) is 0 Å². The van der Waals surface area contributed by atoms with Crippen molar-refractivity contribution in [2.45, 2.75) is 17.9 Å². The van der Waals surface area contributed by atoms with Gasteiger partial charge < -0.3 is 18.6 Å². The van der Waals surface area contributed by atoms with Gasteiger partial charge in [-0.3, -0.25) is 0 Å². The Hall–Kier alpha value is -8.34. The molecule has 0 aliphatic heterocycles. The van der Waals surface area contributed by atoms with Crippen LogP contribution in [0.3, 0.4) is 0 Å². The minimum absolute atomic E-state index is 0.0982. The molecule has 2 heterocycles. The monoisotopic (exact) mass is 834 g/mol. The Morgan fingerprint density at radius 1 is 0.400 bits per heavy atom. The third kappa shape index (κ3) is 5.84. The topological polar surface area (TPSA) is 28.3 Å². The van der Waals surface area contributed by atoms with Gasteiger partial charge in [-0.05, 0) is 124 Å². The minimum atomic E-state index is -0.513. The second kappa shape index (κ2) is 14.9. The molecule has 4 heteroatoms. The van der Waals surface area contributed by atoms with Crippen molar-refractivity contribution >= 4 is 43.6 Å². The lowest BCUT2D eigenvalue weighted by atomic mass is 9.66. The van der Waals surface area contributed by atoms with E-state index in [-0.39, 0.29) is 6.10 Å². The van der Waals surface area contributed by atoms with Crippen molar-refractivity contribution < 1.29 is 9.47 Å². The van der Waals surface area contributed by atoms with Crippen LogP contribution in [0, 0.1) is 0 Å². The van der Waals surface area contributed by atoms with E-state index in [2.05, 4.69) is 246 Å². The lowest BCUT2D eigenvalue weighted by Crippen LogP contribution is -2.30. The van der Waals surface area contributed by atoms with Gasteiger partial charge in [0.15, 0.2) is 0 Å². The van der Waals surface area contributed by atoms with Gasteiger partial charge in [0, 0.05) is 39.3 Å². The van der Waals surface area contributed by atoms with E-state index in [1.165, 1.54) is 77.0 Å². The van der Waals surface area contributed by atoms with E-state index < -0.39 is 5.41 Å². The van der Waals surface area contributed by atoms with Gasteiger partial charge >= 0.3 is 0 Å². The first kappa shape index (κ1) is 37.2. The number of benzene rings is 9. The molecular formula is C61H42N2O2. The van der Waals surface area contributed by atoms with Crippen LogP contribution in [0.2, 0.25) is 0 Å². The number of hydrogen-bond donors (Lipinski definition) is 0. The molecule has 11 aromatic rings. The molecule has 0 N–H and O–H groups in total. The Morgan fingerprint density at radius 3 is 1.25 bits per heavy atom. The van der Waals surface area contributed by atoms with Gasteiger partial charge in [0.05, 0.1) is 27.5 Å². The molecular weight excluding hydrogens is 793 g/mol. The van der Waals surface area contributed by atoms with Crippen molar-refractivity contribution in [2.24, 2.45) is 0 Å². The number of nitrogens with zero attached hydrogens (tertiary/aromatic N) is 2. The first-order valence-electron chi connectivity index (χ1n) is 22.4. The van der Waals surface area contributed by atoms with E-state index in [4.69, 9.17) is 9.47 Å². The van der Waals surface area contributed by atoms with Crippen molar-refractivity contribution in [3.63, 3.8) is 0 Å². The molecule has 0 fully saturated rings. The molecule has 4 nitrogen and oxygen atoms in total. The standard InChI is InChI=1S/C61H42N2O2/c1-7-19-55-49(13-1)50-14-2-8-20-56(50)61(55,41-25-33-45(34-26-41)64-47-37-29-43(30-38-47)62-57-21-9-3-15-51(57)52-16-4-10-22-58(52)62)42-27-35-46(36-28-42)65-48-39-31-44(32-40-48)63-59-23-11-5-17-53(59)54-18-6-12-24-60(54)63/h1-35,37-40,46H,36H2/t46-/m1/s1. The summed E-state index contributed by atoms with van der Waals surface area (Å²) in [5.74, 6) is 2.43. The van der Waals surface area contributed by atoms with Crippen LogP contribution in [-0.2, 0) is 5.41 Å². The lowest BCUT2D eigenvalue weighted by Gasteiger charge is -2.36. The van der Waals surface area contributed by atoms with Crippen molar-refractivity contribution in [3.8, 4) is 39.8 Å². The first-order valence-corrected chi connectivity index (χ1v) is 22.4. The Balaban J connectivity index is 0.793. The number of ether oxygens (including phenoxy) is 2. The van der Waals surface area contributed by atoms with Crippen molar-refractivity contribution in [3.05, 3.63) is 259 Å². The van der Waals surface area contributed by atoms with Crippen LogP contribution in [0.15, 0.2) is 242 Å². The maximum Gasteiger partial charge on any atom is 0.127 e. The van der Waals surface area contributed by atoms with Crippen LogP contribution in [0.25, 0.3) is 66.1 Å². The summed E-state index contributed by atoms with van der Waals surface area (Å²) in [4.78, 5) is 0. The zero-order chi connectivity index (χ0) is 42.9. The molecule has 0 bridgehead atoms. The SMILES string of the molecule is C1=C[C@@H](Oc2ccc(-n3c4ccccc4c4ccccc43)cc2)CC=C1C1(c2ccc(Oc3ccc(-n4c5ccccc5c5ccccc54)cc3)cc2)c2ccccc2-c2ccccc21. The summed E-state index contributed by atoms with van der Waals surface area (Å²) in [6.07, 6.45) is 7.57. The fourth-order valence-corrected chi connectivity index (χ4v) is 10.8. The van der Waals surface area contributed by atoms with Crippen LogP contribution in [-0.4, -0.2) is 15.2 Å². The van der Waals surface area contributed by atoms with Gasteiger partial charge in [-0.2, -0.15) is 0 Å². The van der Waals surface area contributed by atoms with Crippen LogP contribution >= 0.6 is 0 Å². The van der Waals surface area contributed by atoms with E-state index in [0.717, 1.165) is 35.0 Å². The summed E-state index contributed by atoms with van der Waals surface area (Å²) >= 11 is 0. The first-order chi connectivity index (χ1) is 32.2. The van der Waals surface area contributed by atoms with Gasteiger partial charge in [-0.15, -0.1) is 0 Å². The molecule has 0 saturated carbocycles. The predicted molar refractivity (Wildman–Crippen MR) is 266 cm³/mol. The van der Waals surface area contributed by atoms with Crippen molar-refractivity contribution in [1.29, 1.82) is 0 Å². The Kier molecular flexibility index (Phi) is 8.53. The Labute approximate surface area is 377 Å². The molecule has 0 spiro atoms. The highest BCUT2D eigenvalue weighted by atomic mass is 16.5. The molecule has 0 saturated heterocycles. The third-order valence-electron chi connectivity index (χ3n) is 13.6.